The Morgan fingerprint density at radius 1 is 1.18 bits per heavy atom. The van der Waals surface area contributed by atoms with Crippen molar-refractivity contribution in [1.82, 2.24) is 0 Å². The summed E-state index contributed by atoms with van der Waals surface area (Å²) < 4.78 is 18.7. The Morgan fingerprint density at radius 2 is 2.00 bits per heavy atom. The molecular formula is C18H16FNO2. The lowest BCUT2D eigenvalue weighted by Gasteiger charge is -2.08. The minimum atomic E-state index is -0.370. The second-order valence-electron chi connectivity index (χ2n) is 5.44. The molecule has 1 N–H and O–H groups in total. The third-order valence-electron chi connectivity index (χ3n) is 3.64. The van der Waals surface area contributed by atoms with Gasteiger partial charge in [0.2, 0.25) is 5.91 Å². The van der Waals surface area contributed by atoms with E-state index in [2.05, 4.69) is 5.32 Å². The van der Waals surface area contributed by atoms with E-state index in [1.165, 1.54) is 12.1 Å². The van der Waals surface area contributed by atoms with Crippen LogP contribution in [0.15, 0.2) is 47.1 Å². The van der Waals surface area contributed by atoms with Crippen LogP contribution in [0.2, 0.25) is 0 Å². The molecule has 0 spiro atoms. The molecule has 1 heterocycles. The summed E-state index contributed by atoms with van der Waals surface area (Å²) in [5.41, 5.74) is 4.01. The highest BCUT2D eigenvalue weighted by Gasteiger charge is 2.12. The van der Waals surface area contributed by atoms with Crippen molar-refractivity contribution in [3.63, 3.8) is 0 Å². The molecule has 0 aliphatic heterocycles. The lowest BCUT2D eigenvalue weighted by molar-refractivity contribution is -0.115. The molecule has 1 aromatic heterocycles. The van der Waals surface area contributed by atoms with Crippen LogP contribution in [0.25, 0.3) is 11.0 Å². The van der Waals surface area contributed by atoms with E-state index in [9.17, 15) is 9.18 Å². The highest BCUT2D eigenvalue weighted by Crippen LogP contribution is 2.23. The van der Waals surface area contributed by atoms with Gasteiger partial charge in [0, 0.05) is 16.6 Å². The number of hydrogen-bond acceptors (Lipinski definition) is 2. The number of carbonyl (C=O) groups excluding carboxylic acids is 1. The second-order valence-corrected chi connectivity index (χ2v) is 5.44. The standard InChI is InChI=1S/C18H16FNO2/c1-11-3-6-15-13(10-22-17(15)7-11)8-18(21)20-16-9-14(19)5-4-12(16)2/h3-7,9-10H,8H2,1-2H3,(H,20,21). The van der Waals surface area contributed by atoms with Gasteiger partial charge in [-0.25, -0.2) is 4.39 Å². The Labute approximate surface area is 127 Å². The van der Waals surface area contributed by atoms with Crippen LogP contribution in [0.3, 0.4) is 0 Å². The summed E-state index contributed by atoms with van der Waals surface area (Å²) >= 11 is 0. The van der Waals surface area contributed by atoms with E-state index in [0.29, 0.717) is 5.69 Å². The van der Waals surface area contributed by atoms with Crippen LogP contribution in [-0.4, -0.2) is 5.91 Å². The molecule has 0 unspecified atom stereocenters. The average molecular weight is 297 g/mol. The van der Waals surface area contributed by atoms with Crippen LogP contribution in [0.1, 0.15) is 16.7 Å². The number of nitrogens with one attached hydrogen (secondary N) is 1. The number of hydrogen-bond donors (Lipinski definition) is 1. The van der Waals surface area contributed by atoms with Gasteiger partial charge in [-0.05, 0) is 43.2 Å². The molecule has 0 radical (unpaired) electrons. The van der Waals surface area contributed by atoms with Gasteiger partial charge in [0.15, 0.2) is 0 Å². The van der Waals surface area contributed by atoms with E-state index in [4.69, 9.17) is 4.42 Å². The van der Waals surface area contributed by atoms with Gasteiger partial charge in [0.05, 0.1) is 12.7 Å². The predicted molar refractivity (Wildman–Crippen MR) is 84.4 cm³/mol. The zero-order valence-electron chi connectivity index (χ0n) is 12.4. The maximum absolute atomic E-state index is 13.3. The first-order valence-electron chi connectivity index (χ1n) is 7.05. The number of fused-ring (bicyclic) bond motifs is 1. The fourth-order valence-electron chi connectivity index (χ4n) is 2.42. The fourth-order valence-corrected chi connectivity index (χ4v) is 2.42. The SMILES string of the molecule is Cc1ccc2c(CC(=O)Nc3cc(F)ccc3C)coc2c1. The monoisotopic (exact) mass is 297 g/mol. The molecule has 22 heavy (non-hydrogen) atoms. The number of halogens is 1. The Kier molecular flexibility index (Phi) is 3.67. The van der Waals surface area contributed by atoms with E-state index < -0.39 is 0 Å². The molecule has 0 atom stereocenters. The Balaban J connectivity index is 1.80. The van der Waals surface area contributed by atoms with Crippen LogP contribution >= 0.6 is 0 Å². The summed E-state index contributed by atoms with van der Waals surface area (Å²) in [6.45, 7) is 3.81. The summed E-state index contributed by atoms with van der Waals surface area (Å²) in [6, 6.07) is 10.2. The van der Waals surface area contributed by atoms with Gasteiger partial charge in [0.1, 0.15) is 11.4 Å². The fraction of sp³-hybridized carbons (Fsp3) is 0.167. The molecule has 4 heteroatoms. The first kappa shape index (κ1) is 14.3. The highest BCUT2D eigenvalue weighted by atomic mass is 19.1. The minimum absolute atomic E-state index is 0.187. The van der Waals surface area contributed by atoms with E-state index in [1.54, 1.807) is 12.3 Å². The van der Waals surface area contributed by atoms with Gasteiger partial charge in [0.25, 0.3) is 0 Å². The quantitative estimate of drug-likeness (QED) is 0.780. The number of amides is 1. The number of rotatable bonds is 3. The predicted octanol–water partition coefficient (Wildman–Crippen LogP) is 4.37. The Hall–Kier alpha value is -2.62. The number of benzene rings is 2. The molecular weight excluding hydrogens is 281 g/mol. The molecule has 3 nitrogen and oxygen atoms in total. The second kappa shape index (κ2) is 5.64. The molecule has 2 aromatic carbocycles. The molecule has 3 aromatic rings. The van der Waals surface area contributed by atoms with Crippen molar-refractivity contribution >= 4 is 22.6 Å². The normalized spacial score (nSPS) is 10.9. The Morgan fingerprint density at radius 3 is 2.82 bits per heavy atom. The molecule has 0 bridgehead atoms. The van der Waals surface area contributed by atoms with Crippen molar-refractivity contribution in [2.45, 2.75) is 20.3 Å². The van der Waals surface area contributed by atoms with Gasteiger partial charge < -0.3 is 9.73 Å². The van der Waals surface area contributed by atoms with Crippen molar-refractivity contribution in [2.24, 2.45) is 0 Å². The molecule has 3 rings (SSSR count). The minimum Gasteiger partial charge on any atom is -0.464 e. The summed E-state index contributed by atoms with van der Waals surface area (Å²) in [7, 11) is 0. The molecule has 1 amide bonds. The van der Waals surface area contributed by atoms with Crippen molar-refractivity contribution in [2.75, 3.05) is 5.32 Å². The third kappa shape index (κ3) is 2.86. The maximum atomic E-state index is 13.3. The van der Waals surface area contributed by atoms with Crippen LogP contribution in [0.4, 0.5) is 10.1 Å². The average Bonchev–Trinajstić information content (AvgIpc) is 2.85. The number of furan rings is 1. The van der Waals surface area contributed by atoms with Crippen molar-refractivity contribution in [3.8, 4) is 0 Å². The van der Waals surface area contributed by atoms with Crippen molar-refractivity contribution < 1.29 is 13.6 Å². The third-order valence-corrected chi connectivity index (χ3v) is 3.64. The van der Waals surface area contributed by atoms with Crippen LogP contribution in [-0.2, 0) is 11.2 Å². The molecule has 112 valence electrons. The first-order valence-corrected chi connectivity index (χ1v) is 7.05. The van der Waals surface area contributed by atoms with E-state index in [0.717, 1.165) is 27.7 Å². The van der Waals surface area contributed by atoms with E-state index in [-0.39, 0.29) is 18.1 Å². The molecule has 0 saturated carbocycles. The lowest BCUT2D eigenvalue weighted by atomic mass is 10.1. The lowest BCUT2D eigenvalue weighted by Crippen LogP contribution is -2.15. The van der Waals surface area contributed by atoms with Gasteiger partial charge in [-0.1, -0.05) is 18.2 Å². The van der Waals surface area contributed by atoms with Gasteiger partial charge >= 0.3 is 0 Å². The molecule has 0 saturated heterocycles. The maximum Gasteiger partial charge on any atom is 0.228 e. The molecule has 0 fully saturated rings. The van der Waals surface area contributed by atoms with Gasteiger partial charge in [-0.3, -0.25) is 4.79 Å². The van der Waals surface area contributed by atoms with Crippen LogP contribution in [0, 0.1) is 19.7 Å². The highest BCUT2D eigenvalue weighted by molar-refractivity contribution is 5.95. The van der Waals surface area contributed by atoms with Crippen molar-refractivity contribution in [1.29, 1.82) is 0 Å². The number of anilines is 1. The summed E-state index contributed by atoms with van der Waals surface area (Å²) in [4.78, 5) is 12.2. The van der Waals surface area contributed by atoms with E-state index >= 15 is 0 Å². The van der Waals surface area contributed by atoms with Crippen LogP contribution in [0.5, 0.6) is 0 Å². The molecule has 0 aliphatic rings. The summed E-state index contributed by atoms with van der Waals surface area (Å²) in [5.74, 6) is -0.567. The molecule has 0 aliphatic carbocycles. The zero-order valence-corrected chi connectivity index (χ0v) is 12.4. The van der Waals surface area contributed by atoms with Gasteiger partial charge in [-0.15, -0.1) is 0 Å². The largest absolute Gasteiger partial charge is 0.464 e. The topological polar surface area (TPSA) is 42.2 Å². The van der Waals surface area contributed by atoms with E-state index in [1.807, 2.05) is 32.0 Å². The van der Waals surface area contributed by atoms with Crippen LogP contribution < -0.4 is 5.32 Å². The zero-order chi connectivity index (χ0) is 15.7. The number of carbonyl (C=O) groups is 1. The summed E-state index contributed by atoms with van der Waals surface area (Å²) in [6.07, 6.45) is 1.79. The smallest absolute Gasteiger partial charge is 0.228 e. The first-order chi connectivity index (χ1) is 10.5. The number of aryl methyl sites for hydroxylation is 2. The summed E-state index contributed by atoms with van der Waals surface area (Å²) in [5, 5.41) is 3.67. The van der Waals surface area contributed by atoms with Gasteiger partial charge in [-0.2, -0.15) is 0 Å². The van der Waals surface area contributed by atoms with Crippen molar-refractivity contribution in [3.05, 3.63) is 65.2 Å². The Bertz CT molecular complexity index is 851.